The van der Waals surface area contributed by atoms with Gasteiger partial charge in [-0.2, -0.15) is 0 Å². The van der Waals surface area contributed by atoms with Gasteiger partial charge < -0.3 is 9.84 Å². The minimum Gasteiger partial charge on any atom is -0.484 e. The molecule has 0 saturated heterocycles. The summed E-state index contributed by atoms with van der Waals surface area (Å²) >= 11 is 1.05. The third-order valence-corrected chi connectivity index (χ3v) is 4.30. The van der Waals surface area contributed by atoms with Gasteiger partial charge in [-0.05, 0) is 32.9 Å². The number of carbonyl (C=O) groups is 2. The SMILES string of the molecule is CC(=O)CSc1nnc(-c2ccc(OC(C)C)c([N+](=O)[O-])c2)n1CC(=O)O. The summed E-state index contributed by atoms with van der Waals surface area (Å²) in [6.07, 6.45) is -0.250. The van der Waals surface area contributed by atoms with Crippen LogP contribution in [0, 0.1) is 10.1 Å². The molecule has 0 aliphatic carbocycles. The van der Waals surface area contributed by atoms with Gasteiger partial charge in [0.15, 0.2) is 16.7 Å². The molecule has 0 bridgehead atoms. The molecule has 1 aromatic carbocycles. The highest BCUT2D eigenvalue weighted by Gasteiger charge is 2.22. The van der Waals surface area contributed by atoms with Crippen molar-refractivity contribution in [2.24, 2.45) is 0 Å². The van der Waals surface area contributed by atoms with Crippen molar-refractivity contribution in [3.63, 3.8) is 0 Å². The van der Waals surface area contributed by atoms with Gasteiger partial charge in [0.05, 0.1) is 16.8 Å². The number of benzene rings is 1. The van der Waals surface area contributed by atoms with Gasteiger partial charge in [0, 0.05) is 11.6 Å². The topological polar surface area (TPSA) is 137 Å². The Hall–Kier alpha value is -2.95. The number of ketones is 1. The van der Waals surface area contributed by atoms with Crippen LogP contribution in [-0.2, 0) is 16.1 Å². The zero-order valence-corrected chi connectivity index (χ0v) is 15.7. The normalized spacial score (nSPS) is 10.8. The Balaban J connectivity index is 2.50. The second-order valence-electron chi connectivity index (χ2n) is 5.88. The van der Waals surface area contributed by atoms with Crippen LogP contribution in [0.4, 0.5) is 5.69 Å². The maximum absolute atomic E-state index is 11.4. The number of rotatable bonds is 9. The summed E-state index contributed by atoms with van der Waals surface area (Å²) in [5, 5.41) is 28.7. The van der Waals surface area contributed by atoms with Gasteiger partial charge in [-0.3, -0.25) is 24.3 Å². The van der Waals surface area contributed by atoms with E-state index in [4.69, 9.17) is 9.84 Å². The predicted molar refractivity (Wildman–Crippen MR) is 96.9 cm³/mol. The number of hydrogen-bond donors (Lipinski definition) is 1. The molecule has 0 aliphatic heterocycles. The second-order valence-corrected chi connectivity index (χ2v) is 6.83. The summed E-state index contributed by atoms with van der Waals surface area (Å²) in [7, 11) is 0. The largest absolute Gasteiger partial charge is 0.484 e. The molecule has 2 rings (SSSR count). The molecule has 0 amide bonds. The molecule has 0 radical (unpaired) electrons. The molecule has 10 nitrogen and oxygen atoms in total. The maximum Gasteiger partial charge on any atom is 0.323 e. The van der Waals surface area contributed by atoms with Gasteiger partial charge in [-0.25, -0.2) is 0 Å². The molecule has 144 valence electrons. The molecule has 0 unspecified atom stereocenters. The first-order valence-corrected chi connectivity index (χ1v) is 8.90. The number of nitro groups is 1. The Kier molecular flexibility index (Phi) is 6.50. The highest BCUT2D eigenvalue weighted by atomic mass is 32.2. The van der Waals surface area contributed by atoms with E-state index in [0.29, 0.717) is 5.56 Å². The Labute approximate surface area is 158 Å². The summed E-state index contributed by atoms with van der Waals surface area (Å²) in [6.45, 7) is 4.46. The van der Waals surface area contributed by atoms with E-state index in [1.807, 2.05) is 0 Å². The molecule has 11 heteroatoms. The minimum atomic E-state index is -1.13. The van der Waals surface area contributed by atoms with E-state index >= 15 is 0 Å². The van der Waals surface area contributed by atoms with Crippen LogP contribution in [0.25, 0.3) is 11.4 Å². The number of aromatic nitrogens is 3. The van der Waals surface area contributed by atoms with E-state index in [1.54, 1.807) is 19.9 Å². The standard InChI is InChI=1S/C16H18N4O6S/c1-9(2)26-13-5-4-11(6-12(13)20(24)25)15-17-18-16(27-8-10(3)21)19(15)7-14(22)23/h4-6,9H,7-8H2,1-3H3,(H,22,23). The summed E-state index contributed by atoms with van der Waals surface area (Å²) in [5.74, 6) is -0.858. The fraction of sp³-hybridized carbons (Fsp3) is 0.375. The third-order valence-electron chi connectivity index (χ3n) is 3.19. The lowest BCUT2D eigenvalue weighted by Gasteiger charge is -2.11. The van der Waals surface area contributed by atoms with Crippen LogP contribution in [0.2, 0.25) is 0 Å². The third kappa shape index (κ3) is 5.26. The monoisotopic (exact) mass is 394 g/mol. The molecule has 0 spiro atoms. The number of thioether (sulfide) groups is 1. The zero-order valence-electron chi connectivity index (χ0n) is 14.9. The number of aliphatic carboxylic acids is 1. The quantitative estimate of drug-likeness (QED) is 0.386. The first-order valence-electron chi connectivity index (χ1n) is 7.91. The Bertz CT molecular complexity index is 880. The molecule has 1 N–H and O–H groups in total. The van der Waals surface area contributed by atoms with Crippen molar-refractivity contribution < 1.29 is 24.4 Å². The van der Waals surface area contributed by atoms with E-state index in [2.05, 4.69) is 10.2 Å². The maximum atomic E-state index is 11.4. The summed E-state index contributed by atoms with van der Waals surface area (Å²) in [4.78, 5) is 33.2. The molecule has 0 fully saturated rings. The van der Waals surface area contributed by atoms with Gasteiger partial charge in [-0.15, -0.1) is 10.2 Å². The number of nitrogens with zero attached hydrogens (tertiary/aromatic N) is 4. The van der Waals surface area contributed by atoms with Crippen molar-refractivity contribution >= 4 is 29.2 Å². The molecule has 1 aromatic heterocycles. The number of nitro benzene ring substituents is 1. The summed E-state index contributed by atoms with van der Waals surface area (Å²) < 4.78 is 6.75. The van der Waals surface area contributed by atoms with Crippen molar-refractivity contribution in [2.75, 3.05) is 5.75 Å². The van der Waals surface area contributed by atoms with Crippen LogP contribution in [0.3, 0.4) is 0 Å². The van der Waals surface area contributed by atoms with Crippen LogP contribution >= 0.6 is 11.8 Å². The first-order chi connectivity index (χ1) is 12.7. The van der Waals surface area contributed by atoms with Crippen molar-refractivity contribution in [1.29, 1.82) is 0 Å². The number of carboxylic acids is 1. The summed E-state index contributed by atoms with van der Waals surface area (Å²) in [6, 6.07) is 4.25. The molecule has 2 aromatic rings. The van der Waals surface area contributed by atoms with Crippen molar-refractivity contribution in [3.8, 4) is 17.1 Å². The van der Waals surface area contributed by atoms with Gasteiger partial charge in [0.1, 0.15) is 12.3 Å². The minimum absolute atomic E-state index is 0.0998. The van der Waals surface area contributed by atoms with Gasteiger partial charge >= 0.3 is 11.7 Å². The number of hydrogen-bond acceptors (Lipinski definition) is 8. The van der Waals surface area contributed by atoms with E-state index in [9.17, 15) is 19.7 Å². The first kappa shape index (κ1) is 20.4. The Morgan fingerprint density at radius 1 is 1.37 bits per heavy atom. The number of ether oxygens (including phenoxy) is 1. The molecule has 27 heavy (non-hydrogen) atoms. The van der Waals surface area contributed by atoms with Crippen molar-refractivity contribution in [3.05, 3.63) is 28.3 Å². The molecular weight excluding hydrogens is 376 g/mol. The second kappa shape index (κ2) is 8.62. The Morgan fingerprint density at radius 3 is 2.63 bits per heavy atom. The number of carbonyl (C=O) groups excluding carboxylic acids is 1. The lowest BCUT2D eigenvalue weighted by atomic mass is 10.1. The van der Waals surface area contributed by atoms with Crippen LogP contribution in [-0.4, -0.2) is 48.4 Å². The van der Waals surface area contributed by atoms with Gasteiger partial charge in [0.25, 0.3) is 0 Å². The molecular formula is C16H18N4O6S. The fourth-order valence-electron chi connectivity index (χ4n) is 2.21. The molecule has 1 heterocycles. The lowest BCUT2D eigenvalue weighted by Crippen LogP contribution is -2.12. The Morgan fingerprint density at radius 2 is 2.07 bits per heavy atom. The smallest absolute Gasteiger partial charge is 0.323 e. The van der Waals surface area contributed by atoms with Crippen LogP contribution in [0.1, 0.15) is 20.8 Å². The van der Waals surface area contributed by atoms with Crippen LogP contribution in [0.15, 0.2) is 23.4 Å². The molecule has 0 saturated carbocycles. The van der Waals surface area contributed by atoms with E-state index in [0.717, 1.165) is 11.8 Å². The highest BCUT2D eigenvalue weighted by Crippen LogP contribution is 2.33. The van der Waals surface area contributed by atoms with Crippen LogP contribution in [0.5, 0.6) is 5.75 Å². The van der Waals surface area contributed by atoms with Crippen LogP contribution < -0.4 is 4.74 Å². The average molecular weight is 394 g/mol. The predicted octanol–water partition coefficient (Wildman–Crippen LogP) is 2.41. The van der Waals surface area contributed by atoms with Gasteiger partial charge in [0.2, 0.25) is 0 Å². The van der Waals surface area contributed by atoms with E-state index in [-0.39, 0.29) is 40.1 Å². The van der Waals surface area contributed by atoms with Crippen molar-refractivity contribution in [2.45, 2.75) is 38.6 Å². The zero-order chi connectivity index (χ0) is 20.1. The lowest BCUT2D eigenvalue weighted by molar-refractivity contribution is -0.386. The number of carboxylic acid groups (broad SMARTS) is 1. The van der Waals surface area contributed by atoms with Gasteiger partial charge in [-0.1, -0.05) is 11.8 Å². The summed E-state index contributed by atoms with van der Waals surface area (Å²) in [5.41, 5.74) is 0.0604. The number of Topliss-reactive ketones (excluding diaryl/α,β-unsaturated/α-hetero) is 1. The van der Waals surface area contributed by atoms with Crippen molar-refractivity contribution in [1.82, 2.24) is 14.8 Å². The average Bonchev–Trinajstić information content (AvgIpc) is 2.94. The van der Waals surface area contributed by atoms with E-state index in [1.165, 1.54) is 23.6 Å². The molecule has 0 aliphatic rings. The highest BCUT2D eigenvalue weighted by molar-refractivity contribution is 7.99. The van der Waals surface area contributed by atoms with E-state index < -0.39 is 17.4 Å². The molecule has 0 atom stereocenters. The fourth-order valence-corrected chi connectivity index (χ4v) is 2.94.